The van der Waals surface area contributed by atoms with Crippen molar-refractivity contribution in [2.75, 3.05) is 6.61 Å². The summed E-state index contributed by atoms with van der Waals surface area (Å²) in [5.74, 6) is 1.18. The van der Waals surface area contributed by atoms with E-state index < -0.39 is 0 Å². The van der Waals surface area contributed by atoms with Gasteiger partial charge in [0.2, 0.25) is 0 Å². The highest BCUT2D eigenvalue weighted by Gasteiger charge is 2.15. The lowest BCUT2D eigenvalue weighted by Gasteiger charge is -2.12. The van der Waals surface area contributed by atoms with Gasteiger partial charge >= 0.3 is 0 Å². The first kappa shape index (κ1) is 17.4. The summed E-state index contributed by atoms with van der Waals surface area (Å²) in [5.41, 5.74) is 3.96. The zero-order valence-electron chi connectivity index (χ0n) is 15.0. The van der Waals surface area contributed by atoms with Crippen LogP contribution in [0.25, 0.3) is 22.7 Å². The average Bonchev–Trinajstić information content (AvgIpc) is 3.31. The van der Waals surface area contributed by atoms with Gasteiger partial charge in [-0.1, -0.05) is 6.07 Å². The van der Waals surface area contributed by atoms with Crippen molar-refractivity contribution >= 4 is 11.0 Å². The van der Waals surface area contributed by atoms with E-state index in [0.29, 0.717) is 34.8 Å². The highest BCUT2D eigenvalue weighted by molar-refractivity contribution is 5.78. The number of aryl methyl sites for hydroxylation is 1. The molecule has 1 aromatic carbocycles. The Balaban J connectivity index is 1.89. The van der Waals surface area contributed by atoms with Gasteiger partial charge in [0.15, 0.2) is 11.5 Å². The lowest BCUT2D eigenvalue weighted by molar-refractivity contribution is 0.299. The lowest BCUT2D eigenvalue weighted by atomic mass is 10.2. The van der Waals surface area contributed by atoms with Crippen LogP contribution < -0.4 is 0 Å². The number of fused-ring (bicyclic) bond motifs is 1. The van der Waals surface area contributed by atoms with Crippen molar-refractivity contribution in [2.45, 2.75) is 13.3 Å². The first-order chi connectivity index (χ1) is 13.6. The molecule has 0 amide bonds. The maximum Gasteiger partial charge on any atom is 0.163 e. The molecule has 0 aliphatic rings. The summed E-state index contributed by atoms with van der Waals surface area (Å²) in [6, 6.07) is 14.9. The molecule has 4 aromatic rings. The van der Waals surface area contributed by atoms with Crippen molar-refractivity contribution in [2.24, 2.45) is 0 Å². The van der Waals surface area contributed by atoms with E-state index in [4.69, 9.17) is 15.5 Å². The molecule has 0 fully saturated rings. The molecule has 0 saturated carbocycles. The second kappa shape index (κ2) is 6.95. The van der Waals surface area contributed by atoms with Crippen molar-refractivity contribution in [3.8, 4) is 23.8 Å². The minimum Gasteiger partial charge on any atom is -0.396 e. The predicted molar refractivity (Wildman–Crippen MR) is 101 cm³/mol. The van der Waals surface area contributed by atoms with Crippen LogP contribution in [0.3, 0.4) is 0 Å². The van der Waals surface area contributed by atoms with Crippen LogP contribution in [0.2, 0.25) is 0 Å². The monoisotopic (exact) mass is 369 g/mol. The van der Waals surface area contributed by atoms with Gasteiger partial charge in [-0.05, 0) is 49.2 Å². The number of hydrogen-bond donors (Lipinski definition) is 1. The van der Waals surface area contributed by atoms with E-state index in [-0.39, 0.29) is 6.61 Å². The Bertz CT molecular complexity index is 1270. The summed E-state index contributed by atoms with van der Waals surface area (Å²) in [7, 11) is 0. The summed E-state index contributed by atoms with van der Waals surface area (Å²) in [6.07, 6.45) is 2.07. The van der Waals surface area contributed by atoms with Crippen molar-refractivity contribution in [1.82, 2.24) is 24.3 Å². The molecule has 8 nitrogen and oxygen atoms in total. The Morgan fingerprint density at radius 2 is 1.96 bits per heavy atom. The van der Waals surface area contributed by atoms with E-state index >= 15 is 0 Å². The Labute approximate surface area is 160 Å². The van der Waals surface area contributed by atoms with E-state index in [1.54, 1.807) is 29.2 Å². The van der Waals surface area contributed by atoms with Crippen LogP contribution >= 0.6 is 0 Å². The fourth-order valence-electron chi connectivity index (χ4n) is 3.11. The molecule has 4 rings (SSSR count). The van der Waals surface area contributed by atoms with Crippen LogP contribution in [0.15, 0.2) is 42.7 Å². The first-order valence-electron chi connectivity index (χ1n) is 8.60. The summed E-state index contributed by atoms with van der Waals surface area (Å²) in [6.45, 7) is 1.82. The Hall–Kier alpha value is -4.01. The smallest absolute Gasteiger partial charge is 0.163 e. The summed E-state index contributed by atoms with van der Waals surface area (Å²) in [4.78, 5) is 9.11. The fourth-order valence-corrected chi connectivity index (χ4v) is 3.11. The summed E-state index contributed by atoms with van der Waals surface area (Å²) >= 11 is 0. The molecule has 0 radical (unpaired) electrons. The normalized spacial score (nSPS) is 10.7. The van der Waals surface area contributed by atoms with E-state index in [2.05, 4.69) is 16.2 Å². The topological polar surface area (TPSA) is 116 Å². The van der Waals surface area contributed by atoms with Gasteiger partial charge in [0.05, 0.1) is 22.7 Å². The highest BCUT2D eigenvalue weighted by Crippen LogP contribution is 2.22. The first-order valence-corrected chi connectivity index (χ1v) is 8.60. The standard InChI is InChI=1S/C20H15N7O/c1-13-8-16(11-22)25-27(13)20-15(6-7-28)3-5-19(24-20)26-12-23-17-9-14(10-21)2-4-18(17)26/h2-5,8-9,12,28H,6-7H2,1H3. The number of pyridine rings is 1. The molecular formula is C20H15N7O. The average molecular weight is 369 g/mol. The van der Waals surface area contributed by atoms with E-state index in [9.17, 15) is 5.11 Å². The maximum absolute atomic E-state index is 9.40. The molecule has 3 heterocycles. The van der Waals surface area contributed by atoms with E-state index in [0.717, 1.165) is 16.8 Å². The van der Waals surface area contributed by atoms with Gasteiger partial charge < -0.3 is 5.11 Å². The van der Waals surface area contributed by atoms with Crippen LogP contribution in [0.1, 0.15) is 22.5 Å². The molecule has 0 atom stereocenters. The van der Waals surface area contributed by atoms with Gasteiger partial charge in [0.1, 0.15) is 18.2 Å². The number of imidazole rings is 1. The molecule has 0 spiro atoms. The third-order valence-corrected chi connectivity index (χ3v) is 4.45. The van der Waals surface area contributed by atoms with Crippen molar-refractivity contribution < 1.29 is 5.11 Å². The van der Waals surface area contributed by atoms with Gasteiger partial charge in [0, 0.05) is 12.3 Å². The van der Waals surface area contributed by atoms with Crippen LogP contribution in [0.5, 0.6) is 0 Å². The van der Waals surface area contributed by atoms with Gasteiger partial charge in [0.25, 0.3) is 0 Å². The Morgan fingerprint density at radius 1 is 1.11 bits per heavy atom. The lowest BCUT2D eigenvalue weighted by Crippen LogP contribution is -2.10. The van der Waals surface area contributed by atoms with Crippen molar-refractivity contribution in [3.63, 3.8) is 0 Å². The number of hydrogen-bond acceptors (Lipinski definition) is 6. The van der Waals surface area contributed by atoms with Gasteiger partial charge in [-0.2, -0.15) is 15.6 Å². The van der Waals surface area contributed by atoms with E-state index in [1.165, 1.54) is 0 Å². The number of nitriles is 2. The largest absolute Gasteiger partial charge is 0.396 e. The van der Waals surface area contributed by atoms with Crippen LogP contribution in [0.4, 0.5) is 0 Å². The second-order valence-corrected chi connectivity index (χ2v) is 6.25. The molecule has 0 aliphatic carbocycles. The van der Waals surface area contributed by atoms with Crippen molar-refractivity contribution in [1.29, 1.82) is 10.5 Å². The van der Waals surface area contributed by atoms with Gasteiger partial charge in [-0.25, -0.2) is 14.6 Å². The maximum atomic E-state index is 9.40. The van der Waals surface area contributed by atoms with Crippen LogP contribution in [0, 0.1) is 29.6 Å². The number of aliphatic hydroxyl groups is 1. The molecule has 1 N–H and O–H groups in total. The SMILES string of the molecule is Cc1cc(C#N)nn1-c1nc(-n2cnc3cc(C#N)ccc32)ccc1CCO. The molecule has 136 valence electrons. The van der Waals surface area contributed by atoms with Crippen molar-refractivity contribution in [3.05, 3.63) is 65.2 Å². The number of nitrogens with zero attached hydrogens (tertiary/aromatic N) is 7. The summed E-state index contributed by atoms with van der Waals surface area (Å²) < 4.78 is 3.44. The van der Waals surface area contributed by atoms with E-state index in [1.807, 2.05) is 35.8 Å². The quantitative estimate of drug-likeness (QED) is 0.589. The molecule has 0 saturated heterocycles. The zero-order chi connectivity index (χ0) is 19.7. The molecule has 0 unspecified atom stereocenters. The highest BCUT2D eigenvalue weighted by atomic mass is 16.3. The number of aliphatic hydroxyl groups excluding tert-OH is 1. The predicted octanol–water partition coefficient (Wildman–Crippen LogP) is 2.19. The van der Waals surface area contributed by atoms with Gasteiger partial charge in [-0.3, -0.25) is 4.57 Å². The number of aromatic nitrogens is 5. The Kier molecular flexibility index (Phi) is 4.32. The minimum atomic E-state index is -0.0234. The molecule has 28 heavy (non-hydrogen) atoms. The molecule has 3 aromatic heterocycles. The fraction of sp³-hybridized carbons (Fsp3) is 0.150. The molecular weight excluding hydrogens is 354 g/mol. The van der Waals surface area contributed by atoms with Gasteiger partial charge in [-0.15, -0.1) is 0 Å². The Morgan fingerprint density at radius 3 is 2.68 bits per heavy atom. The zero-order valence-corrected chi connectivity index (χ0v) is 15.0. The molecule has 8 heteroatoms. The third kappa shape index (κ3) is 2.88. The van der Waals surface area contributed by atoms with Crippen LogP contribution in [-0.4, -0.2) is 36.0 Å². The third-order valence-electron chi connectivity index (χ3n) is 4.45. The second-order valence-electron chi connectivity index (χ2n) is 6.25. The molecule has 0 aliphatic heterocycles. The van der Waals surface area contributed by atoms with Crippen LogP contribution in [-0.2, 0) is 6.42 Å². The summed E-state index contributed by atoms with van der Waals surface area (Å²) in [5, 5.41) is 31.9. The molecule has 0 bridgehead atoms. The number of benzene rings is 1. The minimum absolute atomic E-state index is 0.0234. The number of rotatable bonds is 4.